The summed E-state index contributed by atoms with van der Waals surface area (Å²) in [5, 5.41) is 14.5. The van der Waals surface area contributed by atoms with Crippen molar-refractivity contribution in [2.24, 2.45) is 0 Å². The molecule has 1 aromatic carbocycles. The molecule has 2 heterocycles. The van der Waals surface area contributed by atoms with Crippen LogP contribution in [0.25, 0.3) is 10.2 Å². The second-order valence-corrected chi connectivity index (χ2v) is 9.58. The van der Waals surface area contributed by atoms with Gasteiger partial charge in [0.15, 0.2) is 0 Å². The highest BCUT2D eigenvalue weighted by molar-refractivity contribution is 7.18. The van der Waals surface area contributed by atoms with Crippen molar-refractivity contribution < 1.29 is 23.5 Å². The number of carbonyl (C=O) groups is 2. The number of rotatable bonds is 5. The molecule has 0 atom stereocenters. The molecule has 9 heteroatoms. The SMILES string of the molecule is C=O.CC(C)(O)c1cc2nc(C3CCCCC3)sc2cc1NC(=O)c1cccc(C(F)F)n1. The summed E-state index contributed by atoms with van der Waals surface area (Å²) in [6.45, 7) is 5.27. The number of hydrogen-bond donors (Lipinski definition) is 2. The number of aliphatic hydroxyl groups is 1. The van der Waals surface area contributed by atoms with Crippen molar-refractivity contribution in [2.75, 3.05) is 5.32 Å². The zero-order chi connectivity index (χ0) is 24.2. The van der Waals surface area contributed by atoms with E-state index < -0.39 is 23.6 Å². The number of halogens is 2. The number of aromatic nitrogens is 2. The van der Waals surface area contributed by atoms with Gasteiger partial charge in [-0.05, 0) is 51.0 Å². The highest BCUT2D eigenvalue weighted by Crippen LogP contribution is 2.40. The Bertz CT molecular complexity index is 1120. The molecular weight excluding hydrogens is 448 g/mol. The minimum Gasteiger partial charge on any atom is -0.386 e. The van der Waals surface area contributed by atoms with E-state index in [2.05, 4.69) is 10.3 Å². The predicted octanol–water partition coefficient (Wildman–Crippen LogP) is 5.97. The third-order valence-corrected chi connectivity index (χ3v) is 6.81. The van der Waals surface area contributed by atoms with E-state index in [4.69, 9.17) is 9.78 Å². The third-order valence-electron chi connectivity index (χ3n) is 5.63. The lowest BCUT2D eigenvalue weighted by atomic mass is 9.90. The summed E-state index contributed by atoms with van der Waals surface area (Å²) in [5.74, 6) is -0.152. The number of nitrogens with one attached hydrogen (secondary N) is 1. The van der Waals surface area contributed by atoms with Crippen LogP contribution in [-0.4, -0.2) is 27.8 Å². The minimum absolute atomic E-state index is 0.105. The maximum atomic E-state index is 13.0. The normalized spacial score (nSPS) is 14.7. The molecule has 4 rings (SSSR count). The molecule has 33 heavy (non-hydrogen) atoms. The molecule has 0 unspecified atom stereocenters. The van der Waals surface area contributed by atoms with Crippen molar-refractivity contribution in [1.29, 1.82) is 0 Å². The van der Waals surface area contributed by atoms with Gasteiger partial charge in [0.1, 0.15) is 18.2 Å². The Morgan fingerprint density at radius 2 is 1.88 bits per heavy atom. The molecule has 1 aliphatic rings. The zero-order valence-electron chi connectivity index (χ0n) is 18.6. The van der Waals surface area contributed by atoms with Gasteiger partial charge in [0.2, 0.25) is 0 Å². The Kier molecular flexibility index (Phi) is 7.86. The highest BCUT2D eigenvalue weighted by atomic mass is 32.1. The summed E-state index contributed by atoms with van der Waals surface area (Å²) < 4.78 is 26.8. The van der Waals surface area contributed by atoms with Crippen molar-refractivity contribution >= 4 is 39.9 Å². The molecule has 3 aromatic rings. The Morgan fingerprint density at radius 1 is 1.18 bits per heavy atom. The maximum Gasteiger partial charge on any atom is 0.280 e. The fourth-order valence-electron chi connectivity index (χ4n) is 4.01. The van der Waals surface area contributed by atoms with Gasteiger partial charge in [-0.3, -0.25) is 4.79 Å². The number of benzene rings is 1. The topological polar surface area (TPSA) is 92.2 Å². The summed E-state index contributed by atoms with van der Waals surface area (Å²) >= 11 is 1.61. The van der Waals surface area contributed by atoms with E-state index in [1.54, 1.807) is 31.3 Å². The van der Waals surface area contributed by atoms with Crippen LogP contribution in [0.15, 0.2) is 30.3 Å². The van der Waals surface area contributed by atoms with Crippen LogP contribution in [0.2, 0.25) is 0 Å². The molecule has 0 aliphatic heterocycles. The zero-order valence-corrected chi connectivity index (χ0v) is 19.4. The van der Waals surface area contributed by atoms with Gasteiger partial charge in [-0.25, -0.2) is 18.7 Å². The van der Waals surface area contributed by atoms with Crippen LogP contribution in [0.3, 0.4) is 0 Å². The average Bonchev–Trinajstić information content (AvgIpc) is 3.23. The number of anilines is 1. The van der Waals surface area contributed by atoms with Crippen LogP contribution >= 0.6 is 11.3 Å². The van der Waals surface area contributed by atoms with Crippen LogP contribution in [0.1, 0.15) is 85.0 Å². The largest absolute Gasteiger partial charge is 0.386 e. The Balaban J connectivity index is 0.00000149. The fourth-order valence-corrected chi connectivity index (χ4v) is 5.17. The van der Waals surface area contributed by atoms with Gasteiger partial charge in [0.05, 0.1) is 20.8 Å². The first-order chi connectivity index (χ1) is 15.7. The van der Waals surface area contributed by atoms with Crippen LogP contribution in [0.5, 0.6) is 0 Å². The second kappa shape index (κ2) is 10.4. The molecule has 1 aliphatic carbocycles. The van der Waals surface area contributed by atoms with Gasteiger partial charge in [0.25, 0.3) is 12.3 Å². The molecule has 0 saturated heterocycles. The molecule has 0 bridgehead atoms. The monoisotopic (exact) mass is 475 g/mol. The molecule has 6 nitrogen and oxygen atoms in total. The molecule has 2 aromatic heterocycles. The van der Waals surface area contributed by atoms with Crippen LogP contribution in [0, 0.1) is 0 Å². The lowest BCUT2D eigenvalue weighted by molar-refractivity contribution is -0.0980. The van der Waals surface area contributed by atoms with Crippen molar-refractivity contribution in [2.45, 2.75) is 63.9 Å². The van der Waals surface area contributed by atoms with Crippen molar-refractivity contribution in [3.8, 4) is 0 Å². The molecular formula is C24H27F2N3O3S. The van der Waals surface area contributed by atoms with E-state index in [1.807, 2.05) is 12.9 Å². The van der Waals surface area contributed by atoms with Gasteiger partial charge >= 0.3 is 0 Å². The Labute approximate surface area is 195 Å². The Morgan fingerprint density at radius 3 is 2.52 bits per heavy atom. The molecule has 1 fully saturated rings. The van der Waals surface area contributed by atoms with Gasteiger partial charge < -0.3 is 15.2 Å². The summed E-state index contributed by atoms with van der Waals surface area (Å²) in [4.78, 5) is 29.3. The van der Waals surface area contributed by atoms with E-state index >= 15 is 0 Å². The maximum absolute atomic E-state index is 13.0. The summed E-state index contributed by atoms with van der Waals surface area (Å²) in [6, 6.07) is 7.55. The van der Waals surface area contributed by atoms with E-state index in [1.165, 1.54) is 37.5 Å². The van der Waals surface area contributed by atoms with Crippen molar-refractivity contribution in [3.05, 3.63) is 52.3 Å². The number of thiazole rings is 1. The molecule has 1 amide bonds. The first kappa shape index (κ1) is 24.9. The summed E-state index contributed by atoms with van der Waals surface area (Å²) in [6.07, 6.45) is 3.19. The Hall–Kier alpha value is -2.78. The molecule has 176 valence electrons. The van der Waals surface area contributed by atoms with Gasteiger partial charge in [0, 0.05) is 17.2 Å². The fraction of sp³-hybridized carbons (Fsp3) is 0.417. The lowest BCUT2D eigenvalue weighted by Gasteiger charge is -2.22. The van der Waals surface area contributed by atoms with Gasteiger partial charge in [-0.15, -0.1) is 11.3 Å². The van der Waals surface area contributed by atoms with E-state index in [9.17, 15) is 18.7 Å². The first-order valence-corrected chi connectivity index (χ1v) is 11.6. The van der Waals surface area contributed by atoms with Gasteiger partial charge in [-0.1, -0.05) is 25.3 Å². The van der Waals surface area contributed by atoms with Crippen molar-refractivity contribution in [3.63, 3.8) is 0 Å². The second-order valence-electron chi connectivity index (χ2n) is 8.51. The quantitative estimate of drug-likeness (QED) is 0.474. The average molecular weight is 476 g/mol. The number of nitrogens with zero attached hydrogens (tertiary/aromatic N) is 2. The number of fused-ring (bicyclic) bond motifs is 1. The number of alkyl halides is 2. The van der Waals surface area contributed by atoms with Gasteiger partial charge in [-0.2, -0.15) is 0 Å². The van der Waals surface area contributed by atoms with E-state index in [-0.39, 0.29) is 5.69 Å². The minimum atomic E-state index is -2.76. The smallest absolute Gasteiger partial charge is 0.280 e. The predicted molar refractivity (Wildman–Crippen MR) is 125 cm³/mol. The standard InChI is InChI=1S/C23H25F2N3O2S.CH2O/c1-23(2,30)14-11-18-19(31-22(28-18)13-7-4-3-5-8-13)12-17(14)27-21(29)16-10-6-9-15(26-16)20(24)25;1-2/h6,9-13,20,30H,3-5,7-8H2,1-2H3,(H,27,29);1H2. The molecule has 1 saturated carbocycles. The molecule has 0 radical (unpaired) electrons. The number of carbonyl (C=O) groups excluding carboxylic acids is 2. The van der Waals surface area contributed by atoms with E-state index in [0.717, 1.165) is 28.1 Å². The number of amides is 1. The van der Waals surface area contributed by atoms with Crippen LogP contribution in [0.4, 0.5) is 14.5 Å². The summed E-state index contributed by atoms with van der Waals surface area (Å²) in [7, 11) is 0. The van der Waals surface area contributed by atoms with Crippen LogP contribution in [-0.2, 0) is 10.4 Å². The number of pyridine rings is 1. The molecule has 2 N–H and O–H groups in total. The van der Waals surface area contributed by atoms with Crippen molar-refractivity contribution in [1.82, 2.24) is 9.97 Å². The van der Waals surface area contributed by atoms with E-state index in [0.29, 0.717) is 17.2 Å². The molecule has 0 spiro atoms. The third kappa shape index (κ3) is 5.78. The van der Waals surface area contributed by atoms with Crippen LogP contribution < -0.4 is 5.32 Å². The highest BCUT2D eigenvalue weighted by Gasteiger charge is 2.25. The number of hydrogen-bond acceptors (Lipinski definition) is 6. The first-order valence-electron chi connectivity index (χ1n) is 10.7. The summed E-state index contributed by atoms with van der Waals surface area (Å²) in [5.41, 5.74) is -0.0633. The lowest BCUT2D eigenvalue weighted by Crippen LogP contribution is -2.21.